The molecule has 0 saturated carbocycles. The molecule has 0 unspecified atom stereocenters. The molecule has 1 aliphatic heterocycles. The lowest BCUT2D eigenvalue weighted by molar-refractivity contribution is 0.103. The van der Waals surface area contributed by atoms with E-state index in [9.17, 15) is 0 Å². The average Bonchev–Trinajstić information content (AvgIpc) is 3.40. The molecule has 1 aliphatic rings. The number of piperazine rings is 1. The van der Waals surface area contributed by atoms with Crippen LogP contribution in [-0.4, -0.2) is 56.0 Å². The van der Waals surface area contributed by atoms with Crippen molar-refractivity contribution in [1.29, 1.82) is 0 Å². The number of hydrogen-bond acceptors (Lipinski definition) is 6. The van der Waals surface area contributed by atoms with Crippen molar-refractivity contribution in [2.45, 2.75) is 13.3 Å². The summed E-state index contributed by atoms with van der Waals surface area (Å²) < 4.78 is 12.8. The highest BCUT2D eigenvalue weighted by Gasteiger charge is 2.21. The molecule has 5 rings (SSSR count). The maximum absolute atomic E-state index is 5.92. The molecule has 0 atom stereocenters. The van der Waals surface area contributed by atoms with Crippen molar-refractivity contribution in [3.8, 4) is 0 Å². The lowest BCUT2D eigenvalue weighted by Gasteiger charge is -2.34. The standard InChI is InChI=1S/C24H27N3O2S/c1-18-2-4-22-21(16-18)24(25-29-22)27-10-8-26(9-11-27)12-14-28-13-6-19-3-5-23-20(17-19)7-15-30-23/h2-5,7,15-17H,6,8-14H2,1H3. The van der Waals surface area contributed by atoms with Crippen LogP contribution in [-0.2, 0) is 11.2 Å². The minimum Gasteiger partial charge on any atom is -0.380 e. The molecule has 5 nitrogen and oxygen atoms in total. The van der Waals surface area contributed by atoms with Crippen LogP contribution in [0.5, 0.6) is 0 Å². The number of aryl methyl sites for hydroxylation is 1. The van der Waals surface area contributed by atoms with Crippen LogP contribution >= 0.6 is 11.3 Å². The molecular weight excluding hydrogens is 394 g/mol. The fourth-order valence-electron chi connectivity index (χ4n) is 4.11. The van der Waals surface area contributed by atoms with E-state index < -0.39 is 0 Å². The van der Waals surface area contributed by atoms with E-state index in [1.807, 2.05) is 6.07 Å². The SMILES string of the molecule is Cc1ccc2onc(N3CCN(CCOCCc4ccc5sccc5c4)CC3)c2c1. The van der Waals surface area contributed by atoms with Gasteiger partial charge in [-0.3, -0.25) is 4.90 Å². The van der Waals surface area contributed by atoms with Crippen molar-refractivity contribution in [3.05, 3.63) is 59.0 Å². The van der Waals surface area contributed by atoms with Gasteiger partial charge in [0.15, 0.2) is 11.4 Å². The molecule has 0 aliphatic carbocycles. The van der Waals surface area contributed by atoms with Crippen LogP contribution < -0.4 is 4.90 Å². The summed E-state index contributed by atoms with van der Waals surface area (Å²) in [5.41, 5.74) is 3.45. The third kappa shape index (κ3) is 4.21. The summed E-state index contributed by atoms with van der Waals surface area (Å²) in [7, 11) is 0. The molecule has 6 heteroatoms. The minimum atomic E-state index is 0.778. The first-order valence-corrected chi connectivity index (χ1v) is 11.5. The van der Waals surface area contributed by atoms with Gasteiger partial charge in [-0.1, -0.05) is 28.9 Å². The molecule has 0 bridgehead atoms. The summed E-state index contributed by atoms with van der Waals surface area (Å²) in [5, 5.41) is 8.93. The van der Waals surface area contributed by atoms with Gasteiger partial charge in [-0.15, -0.1) is 11.3 Å². The van der Waals surface area contributed by atoms with Crippen LogP contribution in [0.3, 0.4) is 0 Å². The summed E-state index contributed by atoms with van der Waals surface area (Å²) in [6, 6.07) is 15.1. The molecule has 1 saturated heterocycles. The lowest BCUT2D eigenvalue weighted by Crippen LogP contribution is -2.47. The largest absolute Gasteiger partial charge is 0.380 e. The molecule has 0 radical (unpaired) electrons. The van der Waals surface area contributed by atoms with Crippen LogP contribution in [0.2, 0.25) is 0 Å². The Morgan fingerprint density at radius 1 is 1.03 bits per heavy atom. The Bertz CT molecular complexity index is 1130. The third-order valence-corrected chi connectivity index (χ3v) is 6.78. The summed E-state index contributed by atoms with van der Waals surface area (Å²) in [6.45, 7) is 8.64. The van der Waals surface area contributed by atoms with Gasteiger partial charge in [0.25, 0.3) is 0 Å². The van der Waals surface area contributed by atoms with Crippen LogP contribution in [0.25, 0.3) is 21.1 Å². The second-order valence-corrected chi connectivity index (χ2v) is 8.94. The van der Waals surface area contributed by atoms with Gasteiger partial charge in [0.1, 0.15) is 0 Å². The molecule has 4 aromatic rings. The van der Waals surface area contributed by atoms with E-state index in [2.05, 4.69) is 63.7 Å². The number of anilines is 1. The van der Waals surface area contributed by atoms with E-state index in [1.54, 1.807) is 11.3 Å². The monoisotopic (exact) mass is 421 g/mol. The first-order chi connectivity index (χ1) is 14.8. The Balaban J connectivity index is 1.05. The fourth-order valence-corrected chi connectivity index (χ4v) is 4.88. The second kappa shape index (κ2) is 8.76. The first kappa shape index (κ1) is 19.5. The predicted molar refractivity (Wildman–Crippen MR) is 124 cm³/mol. The van der Waals surface area contributed by atoms with Crippen LogP contribution in [0.4, 0.5) is 5.82 Å². The van der Waals surface area contributed by atoms with Gasteiger partial charge in [0.2, 0.25) is 0 Å². The number of hydrogen-bond donors (Lipinski definition) is 0. The Hall–Kier alpha value is -2.41. The molecule has 0 N–H and O–H groups in total. The molecule has 2 aromatic carbocycles. The smallest absolute Gasteiger partial charge is 0.180 e. The lowest BCUT2D eigenvalue weighted by atomic mass is 10.1. The van der Waals surface area contributed by atoms with Gasteiger partial charge >= 0.3 is 0 Å². The molecule has 30 heavy (non-hydrogen) atoms. The number of fused-ring (bicyclic) bond motifs is 2. The highest BCUT2D eigenvalue weighted by atomic mass is 32.1. The second-order valence-electron chi connectivity index (χ2n) is 7.99. The summed E-state index contributed by atoms with van der Waals surface area (Å²) in [6.07, 6.45) is 0.970. The molecule has 1 fully saturated rings. The van der Waals surface area contributed by atoms with Crippen LogP contribution in [0, 0.1) is 6.92 Å². The maximum Gasteiger partial charge on any atom is 0.180 e. The van der Waals surface area contributed by atoms with Gasteiger partial charge in [0.05, 0.1) is 18.6 Å². The van der Waals surface area contributed by atoms with Gasteiger partial charge in [0, 0.05) is 37.4 Å². The van der Waals surface area contributed by atoms with E-state index in [1.165, 1.54) is 21.2 Å². The maximum atomic E-state index is 5.92. The fraction of sp³-hybridized carbons (Fsp3) is 0.375. The van der Waals surface area contributed by atoms with Crippen molar-refractivity contribution in [2.75, 3.05) is 50.8 Å². The van der Waals surface area contributed by atoms with E-state index in [4.69, 9.17) is 9.26 Å². The minimum absolute atomic E-state index is 0.778. The average molecular weight is 422 g/mol. The molecule has 156 valence electrons. The van der Waals surface area contributed by atoms with Crippen LogP contribution in [0.1, 0.15) is 11.1 Å². The first-order valence-electron chi connectivity index (χ1n) is 10.6. The molecular formula is C24H27N3O2S. The van der Waals surface area contributed by atoms with Gasteiger partial charge < -0.3 is 14.2 Å². The number of aromatic nitrogens is 1. The van der Waals surface area contributed by atoms with E-state index >= 15 is 0 Å². The van der Waals surface area contributed by atoms with Crippen molar-refractivity contribution >= 4 is 38.2 Å². The summed E-state index contributed by atoms with van der Waals surface area (Å²) >= 11 is 1.79. The molecule has 3 heterocycles. The molecule has 0 amide bonds. The molecule has 0 spiro atoms. The van der Waals surface area contributed by atoms with E-state index in [0.29, 0.717) is 0 Å². The van der Waals surface area contributed by atoms with Crippen molar-refractivity contribution < 1.29 is 9.26 Å². The quantitative estimate of drug-likeness (QED) is 0.404. The number of thiophene rings is 1. The Labute approximate surface area is 180 Å². The zero-order valence-corrected chi connectivity index (χ0v) is 18.2. The Morgan fingerprint density at radius 3 is 2.83 bits per heavy atom. The number of ether oxygens (including phenoxy) is 1. The number of benzene rings is 2. The third-order valence-electron chi connectivity index (χ3n) is 5.88. The zero-order chi connectivity index (χ0) is 20.3. The number of nitrogens with zero attached hydrogens (tertiary/aromatic N) is 3. The van der Waals surface area contributed by atoms with Crippen molar-refractivity contribution in [3.63, 3.8) is 0 Å². The van der Waals surface area contributed by atoms with E-state index in [0.717, 1.165) is 69.1 Å². The predicted octanol–water partition coefficient (Wildman–Crippen LogP) is 4.73. The summed E-state index contributed by atoms with van der Waals surface area (Å²) in [5.74, 6) is 0.979. The normalized spacial score (nSPS) is 15.4. The van der Waals surface area contributed by atoms with Crippen LogP contribution in [0.15, 0.2) is 52.4 Å². The van der Waals surface area contributed by atoms with Gasteiger partial charge in [-0.2, -0.15) is 0 Å². The number of rotatable bonds is 7. The molecule has 2 aromatic heterocycles. The van der Waals surface area contributed by atoms with E-state index in [-0.39, 0.29) is 0 Å². The highest BCUT2D eigenvalue weighted by Crippen LogP contribution is 2.27. The van der Waals surface area contributed by atoms with Crippen molar-refractivity contribution in [1.82, 2.24) is 10.1 Å². The highest BCUT2D eigenvalue weighted by molar-refractivity contribution is 7.17. The Morgan fingerprint density at radius 2 is 1.93 bits per heavy atom. The topological polar surface area (TPSA) is 41.7 Å². The van der Waals surface area contributed by atoms with Crippen molar-refractivity contribution in [2.24, 2.45) is 0 Å². The zero-order valence-electron chi connectivity index (χ0n) is 17.3. The van der Waals surface area contributed by atoms with Gasteiger partial charge in [-0.05, 0) is 53.9 Å². The van der Waals surface area contributed by atoms with Gasteiger partial charge in [-0.25, -0.2) is 0 Å². The summed E-state index contributed by atoms with van der Waals surface area (Å²) in [4.78, 5) is 4.81. The Kier molecular flexibility index (Phi) is 5.71.